The number of hydrogen-bond donors (Lipinski definition) is 0. The van der Waals surface area contributed by atoms with Crippen molar-refractivity contribution in [3.63, 3.8) is 0 Å². The Morgan fingerprint density at radius 1 is 1.08 bits per heavy atom. The molecule has 0 radical (unpaired) electrons. The number of carbonyl (C=O) groups excluding carboxylic acids is 2. The van der Waals surface area contributed by atoms with Crippen molar-refractivity contribution in [2.24, 2.45) is 11.8 Å². The molecule has 4 atom stereocenters. The minimum absolute atomic E-state index is 0.164. The van der Waals surface area contributed by atoms with Gasteiger partial charge in [0.25, 0.3) is 0 Å². The standard InChI is InChI=1S/C18H17NO5/c20-15-13-12-6-7-18(24-12,17-22-8-9-23-17)14(13)16(21)19(15)10-11-4-2-1-3-5-11/h1-7,12-14,17H,8-10H2/t12-,13-,14-,18-/m1/s1. The fourth-order valence-corrected chi connectivity index (χ4v) is 4.31. The third kappa shape index (κ3) is 1.76. The molecule has 0 spiro atoms. The van der Waals surface area contributed by atoms with Crippen LogP contribution < -0.4 is 0 Å². The molecular formula is C18H17NO5. The van der Waals surface area contributed by atoms with Crippen molar-refractivity contribution >= 4 is 11.8 Å². The van der Waals surface area contributed by atoms with Crippen molar-refractivity contribution in [1.82, 2.24) is 4.90 Å². The fraction of sp³-hybridized carbons (Fsp3) is 0.444. The van der Waals surface area contributed by atoms with Gasteiger partial charge in [-0.2, -0.15) is 0 Å². The van der Waals surface area contributed by atoms with E-state index in [1.807, 2.05) is 42.5 Å². The zero-order valence-corrected chi connectivity index (χ0v) is 13.0. The first-order chi connectivity index (χ1) is 11.7. The maximum atomic E-state index is 13.0. The van der Waals surface area contributed by atoms with Crippen molar-refractivity contribution in [1.29, 1.82) is 0 Å². The van der Waals surface area contributed by atoms with Gasteiger partial charge < -0.3 is 14.2 Å². The molecule has 0 N–H and O–H groups in total. The van der Waals surface area contributed by atoms with E-state index in [-0.39, 0.29) is 17.9 Å². The number of imide groups is 1. The number of benzene rings is 1. The summed E-state index contributed by atoms with van der Waals surface area (Å²) in [4.78, 5) is 27.2. The highest BCUT2D eigenvalue weighted by Gasteiger charge is 2.71. The van der Waals surface area contributed by atoms with Crippen molar-refractivity contribution in [2.75, 3.05) is 13.2 Å². The van der Waals surface area contributed by atoms with Gasteiger partial charge in [-0.05, 0) is 11.6 Å². The molecule has 2 bridgehead atoms. The zero-order chi connectivity index (χ0) is 16.3. The lowest BCUT2D eigenvalue weighted by Gasteiger charge is -2.32. The van der Waals surface area contributed by atoms with E-state index >= 15 is 0 Å². The molecule has 0 aliphatic carbocycles. The minimum Gasteiger partial charge on any atom is -0.357 e. The van der Waals surface area contributed by atoms with Crippen molar-refractivity contribution in [3.05, 3.63) is 48.0 Å². The van der Waals surface area contributed by atoms with Crippen LogP contribution in [0.4, 0.5) is 0 Å². The third-order valence-electron chi connectivity index (χ3n) is 5.34. The van der Waals surface area contributed by atoms with Crippen molar-refractivity contribution in [3.8, 4) is 0 Å². The molecule has 3 fully saturated rings. The van der Waals surface area contributed by atoms with E-state index in [0.717, 1.165) is 5.56 Å². The summed E-state index contributed by atoms with van der Waals surface area (Å²) in [6.07, 6.45) is 2.72. The third-order valence-corrected chi connectivity index (χ3v) is 5.34. The van der Waals surface area contributed by atoms with Crippen molar-refractivity contribution < 1.29 is 23.8 Å². The van der Waals surface area contributed by atoms with E-state index in [4.69, 9.17) is 14.2 Å². The van der Waals surface area contributed by atoms with Crippen molar-refractivity contribution in [2.45, 2.75) is 24.5 Å². The summed E-state index contributed by atoms with van der Waals surface area (Å²) in [7, 11) is 0. The summed E-state index contributed by atoms with van der Waals surface area (Å²) < 4.78 is 17.3. The number of likely N-dealkylation sites (tertiary alicyclic amines) is 1. The van der Waals surface area contributed by atoms with E-state index in [1.54, 1.807) is 0 Å². The van der Waals surface area contributed by atoms with Gasteiger partial charge in [-0.15, -0.1) is 0 Å². The quantitative estimate of drug-likeness (QED) is 0.609. The monoisotopic (exact) mass is 327 g/mol. The molecule has 0 aromatic heterocycles. The van der Waals surface area contributed by atoms with Gasteiger partial charge in [0.2, 0.25) is 11.8 Å². The van der Waals surface area contributed by atoms with Crippen LogP contribution >= 0.6 is 0 Å². The highest BCUT2D eigenvalue weighted by atomic mass is 16.7. The van der Waals surface area contributed by atoms with E-state index in [1.165, 1.54) is 4.90 Å². The van der Waals surface area contributed by atoms with Gasteiger partial charge >= 0.3 is 0 Å². The Morgan fingerprint density at radius 2 is 1.83 bits per heavy atom. The number of nitrogens with zero attached hydrogens (tertiary/aromatic N) is 1. The molecule has 2 amide bonds. The lowest BCUT2D eigenvalue weighted by Crippen LogP contribution is -2.49. The first-order valence-electron chi connectivity index (χ1n) is 8.20. The van der Waals surface area contributed by atoms with Crippen LogP contribution in [0.2, 0.25) is 0 Å². The summed E-state index contributed by atoms with van der Waals surface area (Å²) >= 11 is 0. The number of rotatable bonds is 3. The molecule has 4 aliphatic rings. The summed E-state index contributed by atoms with van der Waals surface area (Å²) in [5, 5.41) is 0. The molecule has 3 saturated heterocycles. The number of fused-ring (bicyclic) bond motifs is 5. The topological polar surface area (TPSA) is 65.1 Å². The summed E-state index contributed by atoms with van der Waals surface area (Å²) in [6, 6.07) is 9.54. The van der Waals surface area contributed by atoms with E-state index in [2.05, 4.69) is 0 Å². The van der Waals surface area contributed by atoms with Crippen LogP contribution in [0.25, 0.3) is 0 Å². The van der Waals surface area contributed by atoms with Crippen LogP contribution in [-0.4, -0.2) is 47.9 Å². The number of carbonyl (C=O) groups is 2. The van der Waals surface area contributed by atoms with E-state index in [9.17, 15) is 9.59 Å². The highest BCUT2D eigenvalue weighted by Crippen LogP contribution is 2.54. The van der Waals surface area contributed by atoms with Gasteiger partial charge in [0.05, 0.1) is 37.7 Å². The van der Waals surface area contributed by atoms with Gasteiger partial charge in [0.15, 0.2) is 11.9 Å². The number of hydrogen-bond acceptors (Lipinski definition) is 5. The lowest BCUT2D eigenvalue weighted by atomic mass is 9.76. The molecule has 0 saturated carbocycles. The summed E-state index contributed by atoms with van der Waals surface area (Å²) in [6.45, 7) is 1.24. The Bertz CT molecular complexity index is 726. The minimum atomic E-state index is -0.968. The van der Waals surface area contributed by atoms with Gasteiger partial charge in [0.1, 0.15) is 0 Å². The average molecular weight is 327 g/mol. The maximum Gasteiger partial charge on any atom is 0.237 e. The highest BCUT2D eigenvalue weighted by molar-refractivity contribution is 6.07. The van der Waals surface area contributed by atoms with Crippen LogP contribution in [0.1, 0.15) is 5.56 Å². The second kappa shape index (κ2) is 4.99. The molecule has 4 aliphatic heterocycles. The molecular weight excluding hydrogens is 310 g/mol. The van der Waals surface area contributed by atoms with Crippen LogP contribution in [0, 0.1) is 11.8 Å². The van der Waals surface area contributed by atoms with Gasteiger partial charge in [0, 0.05) is 0 Å². The first-order valence-corrected chi connectivity index (χ1v) is 8.20. The largest absolute Gasteiger partial charge is 0.357 e. The molecule has 0 unspecified atom stereocenters. The Hall–Kier alpha value is -2.02. The Kier molecular flexibility index (Phi) is 2.98. The Morgan fingerprint density at radius 3 is 2.58 bits per heavy atom. The Labute approximate surface area is 139 Å². The predicted molar refractivity (Wildman–Crippen MR) is 81.4 cm³/mol. The molecule has 4 heterocycles. The van der Waals surface area contributed by atoms with Crippen LogP contribution in [0.5, 0.6) is 0 Å². The van der Waals surface area contributed by atoms with Gasteiger partial charge in [-0.3, -0.25) is 14.5 Å². The van der Waals surface area contributed by atoms with Gasteiger partial charge in [-0.25, -0.2) is 0 Å². The van der Waals surface area contributed by atoms with E-state index < -0.39 is 23.7 Å². The molecule has 24 heavy (non-hydrogen) atoms. The second-order valence-corrected chi connectivity index (χ2v) is 6.62. The predicted octanol–water partition coefficient (Wildman–Crippen LogP) is 0.868. The molecule has 5 rings (SSSR count). The normalized spacial score (nSPS) is 37.7. The summed E-state index contributed by atoms with van der Waals surface area (Å²) in [5.41, 5.74) is -0.0351. The van der Waals surface area contributed by atoms with Crippen LogP contribution in [0.15, 0.2) is 42.5 Å². The number of ether oxygens (including phenoxy) is 3. The Balaban J connectivity index is 1.48. The molecule has 1 aromatic rings. The average Bonchev–Trinajstić information content (AvgIpc) is 3.36. The summed E-state index contributed by atoms with van der Waals surface area (Å²) in [5.74, 6) is -1.39. The molecule has 6 nitrogen and oxygen atoms in total. The fourth-order valence-electron chi connectivity index (χ4n) is 4.31. The van der Waals surface area contributed by atoms with Crippen LogP contribution in [-0.2, 0) is 30.3 Å². The van der Waals surface area contributed by atoms with E-state index in [0.29, 0.717) is 19.8 Å². The molecule has 6 heteroatoms. The van der Waals surface area contributed by atoms with Gasteiger partial charge in [-0.1, -0.05) is 36.4 Å². The van der Waals surface area contributed by atoms with Crippen LogP contribution in [0.3, 0.4) is 0 Å². The first kappa shape index (κ1) is 14.3. The second-order valence-electron chi connectivity index (χ2n) is 6.62. The molecule has 124 valence electrons. The zero-order valence-electron chi connectivity index (χ0n) is 13.0. The molecule has 1 aromatic carbocycles. The lowest BCUT2D eigenvalue weighted by molar-refractivity contribution is -0.183. The smallest absolute Gasteiger partial charge is 0.237 e. The SMILES string of the molecule is O=C1[C@@H]2[C@H]3C=C[C@@](C4OCCO4)(O3)[C@H]2C(=O)N1Cc1ccccc1. The number of amides is 2. The maximum absolute atomic E-state index is 13.0.